The Kier molecular flexibility index (Phi) is 1.80. The van der Waals surface area contributed by atoms with Gasteiger partial charge in [0.05, 0.1) is 12.0 Å². The van der Waals surface area contributed by atoms with Gasteiger partial charge in [-0.2, -0.15) is 0 Å². The molecule has 1 aliphatic heterocycles. The molecule has 4 heteroatoms. The van der Waals surface area contributed by atoms with Crippen molar-refractivity contribution in [2.45, 2.75) is 37.8 Å². The molecule has 0 amide bonds. The van der Waals surface area contributed by atoms with Gasteiger partial charge in [-0.25, -0.2) is 4.98 Å². The van der Waals surface area contributed by atoms with Gasteiger partial charge < -0.3 is 10.3 Å². The van der Waals surface area contributed by atoms with E-state index in [0.29, 0.717) is 5.92 Å². The van der Waals surface area contributed by atoms with E-state index in [2.05, 4.69) is 25.5 Å². The van der Waals surface area contributed by atoms with E-state index in [-0.39, 0.29) is 5.54 Å². The molecule has 3 nitrogen and oxygen atoms in total. The number of aryl methyl sites for hydroxylation is 1. The van der Waals surface area contributed by atoms with Crippen LogP contribution in [0.4, 0.5) is 0 Å². The van der Waals surface area contributed by atoms with E-state index >= 15 is 0 Å². The summed E-state index contributed by atoms with van der Waals surface area (Å²) < 4.78 is 3.25. The van der Waals surface area contributed by atoms with Gasteiger partial charge in [-0.3, -0.25) is 0 Å². The van der Waals surface area contributed by atoms with Crippen molar-refractivity contribution in [1.29, 1.82) is 0 Å². The van der Waals surface area contributed by atoms with Crippen LogP contribution in [0.5, 0.6) is 0 Å². The first-order valence-electron chi connectivity index (χ1n) is 5.17. The van der Waals surface area contributed by atoms with E-state index < -0.39 is 0 Å². The van der Waals surface area contributed by atoms with Gasteiger partial charge in [0.25, 0.3) is 0 Å². The van der Waals surface area contributed by atoms with Crippen molar-refractivity contribution >= 4 is 15.9 Å². The number of nitrogens with two attached hydrogens (primary N) is 1. The van der Waals surface area contributed by atoms with Gasteiger partial charge in [-0.05, 0) is 47.5 Å². The zero-order valence-corrected chi connectivity index (χ0v) is 9.63. The zero-order valence-electron chi connectivity index (χ0n) is 8.04. The lowest BCUT2D eigenvalue weighted by Crippen LogP contribution is -2.37. The molecule has 1 saturated carbocycles. The van der Waals surface area contributed by atoms with Crippen molar-refractivity contribution in [3.8, 4) is 0 Å². The molecule has 0 bridgehead atoms. The number of halogens is 1. The molecule has 76 valence electrons. The van der Waals surface area contributed by atoms with Crippen molar-refractivity contribution in [2.24, 2.45) is 11.7 Å². The maximum Gasteiger partial charge on any atom is 0.127 e. The fraction of sp³-hybridized carbons (Fsp3) is 0.700. The topological polar surface area (TPSA) is 43.8 Å². The third-order valence-electron chi connectivity index (χ3n) is 3.69. The van der Waals surface area contributed by atoms with Gasteiger partial charge >= 0.3 is 0 Å². The molecule has 1 aliphatic carbocycles. The van der Waals surface area contributed by atoms with E-state index in [0.717, 1.165) is 17.6 Å². The number of fused-ring (bicyclic) bond motifs is 1. The van der Waals surface area contributed by atoms with Crippen molar-refractivity contribution in [3.63, 3.8) is 0 Å². The van der Waals surface area contributed by atoms with E-state index in [4.69, 9.17) is 5.73 Å². The Bertz CT molecular complexity index is 367. The van der Waals surface area contributed by atoms with Gasteiger partial charge in [0.15, 0.2) is 0 Å². The van der Waals surface area contributed by atoms with Crippen LogP contribution in [0.3, 0.4) is 0 Å². The summed E-state index contributed by atoms with van der Waals surface area (Å²) in [6.07, 6.45) is 6.65. The molecule has 3 rings (SSSR count). The maximum atomic E-state index is 6.25. The summed E-state index contributed by atoms with van der Waals surface area (Å²) in [6.45, 7) is 1.08. The number of nitrogens with zero attached hydrogens (tertiary/aromatic N) is 2. The van der Waals surface area contributed by atoms with Crippen LogP contribution in [0.25, 0.3) is 0 Å². The Labute approximate surface area is 91.8 Å². The molecule has 0 radical (unpaired) electrons. The van der Waals surface area contributed by atoms with Gasteiger partial charge in [-0.15, -0.1) is 0 Å². The lowest BCUT2D eigenvalue weighted by molar-refractivity contribution is 0.315. The number of hydrogen-bond donors (Lipinski definition) is 1. The second kappa shape index (κ2) is 2.83. The first-order valence-corrected chi connectivity index (χ1v) is 5.97. The first kappa shape index (κ1) is 8.92. The third kappa shape index (κ3) is 1.24. The number of rotatable bonds is 1. The normalized spacial score (nSPS) is 28.6. The smallest absolute Gasteiger partial charge is 0.127 e. The molecular weight excluding hydrogens is 242 g/mol. The van der Waals surface area contributed by atoms with E-state index in [1.165, 1.54) is 25.0 Å². The lowest BCUT2D eigenvalue weighted by Gasteiger charge is -2.28. The minimum atomic E-state index is 0.162. The minimum Gasteiger partial charge on any atom is -0.333 e. The number of aromatic nitrogens is 2. The summed E-state index contributed by atoms with van der Waals surface area (Å²) in [5, 5.41) is 0. The lowest BCUT2D eigenvalue weighted by atomic mass is 9.87. The monoisotopic (exact) mass is 255 g/mol. The van der Waals surface area contributed by atoms with Gasteiger partial charge in [0, 0.05) is 12.1 Å². The second-order valence-corrected chi connectivity index (χ2v) is 5.35. The predicted octanol–water partition coefficient (Wildman–Crippen LogP) is 1.70. The standard InChI is InChI=1S/C10H14BrN3/c11-9-8-5-7(10(12)2-3-10)1-4-14(8)6-13-9/h6-7H,1-5,12H2. The molecule has 0 saturated heterocycles. The van der Waals surface area contributed by atoms with Crippen LogP contribution in [0.2, 0.25) is 0 Å². The van der Waals surface area contributed by atoms with E-state index in [9.17, 15) is 0 Å². The summed E-state index contributed by atoms with van der Waals surface area (Å²) in [4.78, 5) is 4.27. The minimum absolute atomic E-state index is 0.162. The fourth-order valence-electron chi connectivity index (χ4n) is 2.45. The third-order valence-corrected chi connectivity index (χ3v) is 4.36. The molecule has 1 aromatic heterocycles. The Morgan fingerprint density at radius 1 is 1.57 bits per heavy atom. The van der Waals surface area contributed by atoms with Crippen LogP contribution in [0.15, 0.2) is 10.9 Å². The maximum absolute atomic E-state index is 6.25. The second-order valence-electron chi connectivity index (χ2n) is 4.60. The molecule has 14 heavy (non-hydrogen) atoms. The SMILES string of the molecule is NC1(C2CCn3cnc(Br)c3C2)CC1. The average Bonchev–Trinajstić information content (AvgIpc) is 2.84. The summed E-state index contributed by atoms with van der Waals surface area (Å²) in [7, 11) is 0. The van der Waals surface area contributed by atoms with E-state index in [1.807, 2.05) is 6.33 Å². The van der Waals surface area contributed by atoms with Crippen LogP contribution >= 0.6 is 15.9 Å². The Hall–Kier alpha value is -0.350. The summed E-state index contributed by atoms with van der Waals surface area (Å²) >= 11 is 3.49. The van der Waals surface area contributed by atoms with Crippen LogP contribution in [-0.4, -0.2) is 15.1 Å². The van der Waals surface area contributed by atoms with Crippen LogP contribution in [0.1, 0.15) is 25.0 Å². The number of hydrogen-bond acceptors (Lipinski definition) is 2. The van der Waals surface area contributed by atoms with Gasteiger partial charge in [0.1, 0.15) is 4.60 Å². The molecular formula is C10H14BrN3. The van der Waals surface area contributed by atoms with Gasteiger partial charge in [-0.1, -0.05) is 0 Å². The van der Waals surface area contributed by atoms with E-state index in [1.54, 1.807) is 0 Å². The molecule has 2 N–H and O–H groups in total. The average molecular weight is 256 g/mol. The number of imidazole rings is 1. The zero-order chi connectivity index (χ0) is 9.76. The van der Waals surface area contributed by atoms with Gasteiger partial charge in [0.2, 0.25) is 0 Å². The molecule has 2 aliphatic rings. The van der Waals surface area contributed by atoms with Crippen LogP contribution < -0.4 is 5.73 Å². The predicted molar refractivity (Wildman–Crippen MR) is 57.9 cm³/mol. The molecule has 1 unspecified atom stereocenters. The molecule has 1 atom stereocenters. The molecule has 1 aromatic rings. The van der Waals surface area contributed by atoms with Crippen molar-refractivity contribution in [1.82, 2.24) is 9.55 Å². The fourth-order valence-corrected chi connectivity index (χ4v) is 2.93. The highest BCUT2D eigenvalue weighted by Crippen LogP contribution is 2.44. The van der Waals surface area contributed by atoms with Crippen molar-refractivity contribution < 1.29 is 0 Å². The highest BCUT2D eigenvalue weighted by Gasteiger charge is 2.46. The van der Waals surface area contributed by atoms with Crippen LogP contribution in [0, 0.1) is 5.92 Å². The van der Waals surface area contributed by atoms with Crippen molar-refractivity contribution in [2.75, 3.05) is 0 Å². The summed E-state index contributed by atoms with van der Waals surface area (Å²) in [5.41, 5.74) is 7.75. The Balaban J connectivity index is 1.88. The van der Waals surface area contributed by atoms with Crippen molar-refractivity contribution in [3.05, 3.63) is 16.6 Å². The largest absolute Gasteiger partial charge is 0.333 e. The first-order chi connectivity index (χ1) is 6.69. The Morgan fingerprint density at radius 2 is 2.36 bits per heavy atom. The molecule has 2 heterocycles. The molecule has 1 fully saturated rings. The highest BCUT2D eigenvalue weighted by atomic mass is 79.9. The Morgan fingerprint density at radius 3 is 3.07 bits per heavy atom. The summed E-state index contributed by atoms with van der Waals surface area (Å²) in [5.74, 6) is 0.669. The summed E-state index contributed by atoms with van der Waals surface area (Å²) in [6, 6.07) is 0. The molecule has 0 aromatic carbocycles. The highest BCUT2D eigenvalue weighted by molar-refractivity contribution is 9.10. The van der Waals surface area contributed by atoms with Crippen LogP contribution in [-0.2, 0) is 13.0 Å². The molecule has 0 spiro atoms. The quantitative estimate of drug-likeness (QED) is 0.831.